The van der Waals surface area contributed by atoms with Gasteiger partial charge in [-0.2, -0.15) is 0 Å². The van der Waals surface area contributed by atoms with Crippen molar-refractivity contribution in [1.29, 1.82) is 0 Å². The Kier molecular flexibility index (Phi) is 7.78. The van der Waals surface area contributed by atoms with Gasteiger partial charge in [-0.15, -0.1) is 0 Å². The molecule has 2 bridgehead atoms. The zero-order chi connectivity index (χ0) is 22.5. The van der Waals surface area contributed by atoms with Gasteiger partial charge in [-0.3, -0.25) is 9.80 Å². The van der Waals surface area contributed by atoms with E-state index in [2.05, 4.69) is 70.5 Å². The Morgan fingerprint density at radius 2 is 1.52 bits per heavy atom. The third-order valence-corrected chi connectivity index (χ3v) is 8.30. The fourth-order valence-electron chi connectivity index (χ4n) is 6.62. The van der Waals surface area contributed by atoms with Crippen molar-refractivity contribution in [3.63, 3.8) is 0 Å². The van der Waals surface area contributed by atoms with Gasteiger partial charge in [0.1, 0.15) is 0 Å². The molecule has 2 aromatic rings. The number of hydrogen-bond acceptors (Lipinski definition) is 4. The van der Waals surface area contributed by atoms with Crippen LogP contribution < -0.4 is 0 Å². The van der Waals surface area contributed by atoms with E-state index in [1.165, 1.54) is 43.2 Å². The van der Waals surface area contributed by atoms with Crippen molar-refractivity contribution in [1.82, 2.24) is 9.80 Å². The quantitative estimate of drug-likeness (QED) is 0.539. The maximum absolute atomic E-state index is 10.5. The summed E-state index contributed by atoms with van der Waals surface area (Å²) in [6.45, 7) is 5.98. The lowest BCUT2D eigenvalue weighted by molar-refractivity contribution is 0.000295. The smallest absolute Gasteiger partial charge is 0.0900 e. The SMILES string of the molecule is O[C@@H](COCC[C@@H]1C[C@@H]2CC[C@@H]1C2)CN1CCN(C(c2ccccc2)c2ccccc2)CC1. The van der Waals surface area contributed by atoms with E-state index < -0.39 is 6.10 Å². The minimum Gasteiger partial charge on any atom is -0.389 e. The largest absolute Gasteiger partial charge is 0.389 e. The van der Waals surface area contributed by atoms with E-state index in [1.54, 1.807) is 0 Å². The van der Waals surface area contributed by atoms with Crippen LogP contribution in [0.3, 0.4) is 0 Å². The second-order valence-corrected chi connectivity index (χ2v) is 10.5. The second-order valence-electron chi connectivity index (χ2n) is 10.5. The van der Waals surface area contributed by atoms with Crippen molar-refractivity contribution in [2.45, 2.75) is 44.2 Å². The first-order chi connectivity index (χ1) is 16.3. The lowest BCUT2D eigenvalue weighted by Crippen LogP contribution is -2.50. The molecule has 4 atom stereocenters. The summed E-state index contributed by atoms with van der Waals surface area (Å²) in [6, 6.07) is 21.9. The molecule has 0 aromatic heterocycles. The first-order valence-corrected chi connectivity index (χ1v) is 13.1. The molecule has 2 aliphatic carbocycles. The van der Waals surface area contributed by atoms with E-state index in [0.29, 0.717) is 13.2 Å². The summed E-state index contributed by atoms with van der Waals surface area (Å²) in [7, 11) is 0. The minimum absolute atomic E-state index is 0.286. The zero-order valence-electron chi connectivity index (χ0n) is 19.9. The lowest BCUT2D eigenvalue weighted by Gasteiger charge is -2.40. The molecule has 3 fully saturated rings. The number of benzene rings is 2. The highest BCUT2D eigenvalue weighted by atomic mass is 16.5. The average Bonchev–Trinajstić information content (AvgIpc) is 3.48. The first-order valence-electron chi connectivity index (χ1n) is 13.1. The highest BCUT2D eigenvalue weighted by Crippen LogP contribution is 2.49. The van der Waals surface area contributed by atoms with Crippen molar-refractivity contribution < 1.29 is 9.84 Å². The summed E-state index contributed by atoms with van der Waals surface area (Å²) in [5, 5.41) is 10.5. The molecule has 3 aliphatic rings. The van der Waals surface area contributed by atoms with Crippen molar-refractivity contribution >= 4 is 0 Å². The van der Waals surface area contributed by atoms with Crippen LogP contribution in [0.15, 0.2) is 60.7 Å². The Labute approximate surface area is 199 Å². The number of aliphatic hydroxyl groups excluding tert-OH is 1. The summed E-state index contributed by atoms with van der Waals surface area (Å²) in [6.07, 6.45) is 6.59. The van der Waals surface area contributed by atoms with Crippen molar-refractivity contribution in [3.8, 4) is 0 Å². The van der Waals surface area contributed by atoms with Crippen molar-refractivity contribution in [3.05, 3.63) is 71.8 Å². The van der Waals surface area contributed by atoms with Crippen LogP contribution in [0.1, 0.15) is 49.3 Å². The molecule has 1 saturated heterocycles. The molecule has 2 saturated carbocycles. The van der Waals surface area contributed by atoms with Gasteiger partial charge >= 0.3 is 0 Å². The van der Waals surface area contributed by atoms with E-state index in [4.69, 9.17) is 4.74 Å². The van der Waals surface area contributed by atoms with Gasteiger partial charge in [0.25, 0.3) is 0 Å². The standard InChI is InChI=1S/C29H40N2O2/c32-28(22-33-18-13-27-20-23-11-12-26(27)19-23)21-30-14-16-31(17-15-30)29(24-7-3-1-4-8-24)25-9-5-2-6-10-25/h1-10,23,26-29,32H,11-22H2/t23-,26-,27-,28-/m1/s1. The molecule has 178 valence electrons. The van der Waals surface area contributed by atoms with Gasteiger partial charge in [0, 0.05) is 39.3 Å². The van der Waals surface area contributed by atoms with Crippen LogP contribution in [0.4, 0.5) is 0 Å². The highest BCUT2D eigenvalue weighted by Gasteiger charge is 2.38. The van der Waals surface area contributed by atoms with Crippen molar-refractivity contribution in [2.24, 2.45) is 17.8 Å². The number of rotatable bonds is 10. The first kappa shape index (κ1) is 23.0. The second kappa shape index (κ2) is 11.1. The summed E-state index contributed by atoms with van der Waals surface area (Å²) >= 11 is 0. The highest BCUT2D eigenvalue weighted by molar-refractivity contribution is 5.31. The monoisotopic (exact) mass is 448 g/mol. The Hall–Kier alpha value is -1.72. The molecule has 33 heavy (non-hydrogen) atoms. The number of fused-ring (bicyclic) bond motifs is 2. The molecule has 1 N–H and O–H groups in total. The summed E-state index contributed by atoms with van der Waals surface area (Å²) in [5.41, 5.74) is 2.70. The fourth-order valence-corrected chi connectivity index (χ4v) is 6.62. The lowest BCUT2D eigenvalue weighted by atomic mass is 9.87. The Bertz CT molecular complexity index is 798. The van der Waals surface area contributed by atoms with Gasteiger partial charge in [0.15, 0.2) is 0 Å². The number of piperazine rings is 1. The Morgan fingerprint density at radius 1 is 0.848 bits per heavy atom. The molecule has 0 spiro atoms. The molecule has 4 nitrogen and oxygen atoms in total. The minimum atomic E-state index is -0.393. The number of nitrogens with zero attached hydrogens (tertiary/aromatic N) is 2. The normalized spacial score (nSPS) is 26.8. The van der Waals surface area contributed by atoms with Gasteiger partial charge in [-0.25, -0.2) is 0 Å². The van der Waals surface area contributed by atoms with Gasteiger partial charge < -0.3 is 9.84 Å². The molecule has 1 aliphatic heterocycles. The number of aliphatic hydroxyl groups is 1. The fraction of sp³-hybridized carbons (Fsp3) is 0.586. The van der Waals surface area contributed by atoms with E-state index in [9.17, 15) is 5.11 Å². The molecular weight excluding hydrogens is 408 g/mol. The molecular formula is C29H40N2O2. The van der Waals surface area contributed by atoms with Crippen LogP contribution in [0.2, 0.25) is 0 Å². The van der Waals surface area contributed by atoms with Crippen LogP contribution >= 0.6 is 0 Å². The summed E-state index contributed by atoms with van der Waals surface area (Å²) in [5.74, 6) is 2.86. The van der Waals surface area contributed by atoms with E-state index >= 15 is 0 Å². The maximum atomic E-state index is 10.5. The third kappa shape index (κ3) is 5.86. The van der Waals surface area contributed by atoms with Crippen LogP contribution in [0.5, 0.6) is 0 Å². The van der Waals surface area contributed by atoms with E-state index in [0.717, 1.165) is 50.5 Å². The number of ether oxygens (including phenoxy) is 1. The summed E-state index contributed by atoms with van der Waals surface area (Å²) in [4.78, 5) is 4.98. The number of β-amino-alcohol motifs (C(OH)–C–C–N with tert-alkyl or cyclic N) is 1. The van der Waals surface area contributed by atoms with Crippen LogP contribution in [0, 0.1) is 17.8 Å². The van der Waals surface area contributed by atoms with Crippen molar-refractivity contribution in [2.75, 3.05) is 45.9 Å². The molecule has 0 radical (unpaired) electrons. The molecule has 1 heterocycles. The molecule has 0 unspecified atom stereocenters. The van der Waals surface area contributed by atoms with E-state index in [-0.39, 0.29) is 6.04 Å². The zero-order valence-corrected chi connectivity index (χ0v) is 19.9. The third-order valence-electron chi connectivity index (χ3n) is 8.30. The van der Waals surface area contributed by atoms with Crippen LogP contribution in [-0.4, -0.2) is 66.9 Å². The Balaban J connectivity index is 1.06. The van der Waals surface area contributed by atoms with Gasteiger partial charge in [0.2, 0.25) is 0 Å². The topological polar surface area (TPSA) is 35.9 Å². The van der Waals surface area contributed by atoms with E-state index in [1.807, 2.05) is 0 Å². The summed E-state index contributed by atoms with van der Waals surface area (Å²) < 4.78 is 5.89. The molecule has 2 aromatic carbocycles. The Morgan fingerprint density at radius 3 is 2.09 bits per heavy atom. The molecule has 4 heteroatoms. The van der Waals surface area contributed by atoms with Crippen LogP contribution in [-0.2, 0) is 4.74 Å². The predicted octanol–water partition coefficient (Wildman–Crippen LogP) is 4.60. The van der Waals surface area contributed by atoms with Gasteiger partial charge in [-0.1, -0.05) is 67.1 Å². The van der Waals surface area contributed by atoms with Gasteiger partial charge in [-0.05, 0) is 54.6 Å². The van der Waals surface area contributed by atoms with Crippen LogP contribution in [0.25, 0.3) is 0 Å². The predicted molar refractivity (Wildman–Crippen MR) is 133 cm³/mol. The maximum Gasteiger partial charge on any atom is 0.0900 e. The molecule has 5 rings (SSSR count). The molecule has 0 amide bonds. The number of hydrogen-bond donors (Lipinski definition) is 1. The van der Waals surface area contributed by atoms with Gasteiger partial charge in [0.05, 0.1) is 18.8 Å². The average molecular weight is 449 g/mol.